The van der Waals surface area contributed by atoms with Crippen molar-refractivity contribution in [1.82, 2.24) is 4.98 Å². The molecule has 18 heavy (non-hydrogen) atoms. The summed E-state index contributed by atoms with van der Waals surface area (Å²) < 4.78 is 0. The number of benzene rings is 1. The molecule has 0 amide bonds. The van der Waals surface area contributed by atoms with Gasteiger partial charge < -0.3 is 5.73 Å². The standard InChI is InChI=1S/C12H8Cl4N2/c1-5-6(2-3-9(17)18-5)10-11(15)7(13)4-8(14)12(10)16/h2-4H,1H3,(H2,17,18). The van der Waals surface area contributed by atoms with Crippen molar-refractivity contribution in [3.63, 3.8) is 0 Å². The predicted molar refractivity (Wildman–Crippen MR) is 78.9 cm³/mol. The summed E-state index contributed by atoms with van der Waals surface area (Å²) in [5.41, 5.74) is 7.64. The lowest BCUT2D eigenvalue weighted by Crippen LogP contribution is -1.95. The third-order valence-corrected chi connectivity index (χ3v) is 4.06. The van der Waals surface area contributed by atoms with Crippen molar-refractivity contribution in [1.29, 1.82) is 0 Å². The Balaban J connectivity index is 2.78. The Morgan fingerprint density at radius 3 is 2.06 bits per heavy atom. The lowest BCUT2D eigenvalue weighted by atomic mass is 10.0. The van der Waals surface area contributed by atoms with Crippen LogP contribution in [0.5, 0.6) is 0 Å². The molecule has 0 aliphatic rings. The normalized spacial score (nSPS) is 10.7. The fourth-order valence-corrected chi connectivity index (χ4v) is 2.67. The number of aryl methyl sites for hydroxylation is 1. The molecular formula is C12H8Cl4N2. The molecule has 94 valence electrons. The van der Waals surface area contributed by atoms with E-state index in [1.54, 1.807) is 12.1 Å². The monoisotopic (exact) mass is 320 g/mol. The van der Waals surface area contributed by atoms with E-state index in [9.17, 15) is 0 Å². The van der Waals surface area contributed by atoms with Gasteiger partial charge in [0, 0.05) is 16.8 Å². The van der Waals surface area contributed by atoms with E-state index in [2.05, 4.69) is 4.98 Å². The lowest BCUT2D eigenvalue weighted by Gasteiger charge is -2.12. The molecular weight excluding hydrogens is 314 g/mol. The number of anilines is 1. The molecule has 6 heteroatoms. The van der Waals surface area contributed by atoms with Crippen LogP contribution in [-0.4, -0.2) is 4.98 Å². The number of hydrogen-bond acceptors (Lipinski definition) is 2. The Labute approximate surface area is 125 Å². The average molecular weight is 322 g/mol. The first-order valence-corrected chi connectivity index (χ1v) is 6.49. The Bertz CT molecular complexity index is 600. The Kier molecular flexibility index (Phi) is 3.93. The highest BCUT2D eigenvalue weighted by Gasteiger charge is 2.17. The third kappa shape index (κ3) is 2.39. The fraction of sp³-hybridized carbons (Fsp3) is 0.0833. The van der Waals surface area contributed by atoms with Gasteiger partial charge in [-0.05, 0) is 25.1 Å². The summed E-state index contributed by atoms with van der Waals surface area (Å²) >= 11 is 24.4. The molecule has 0 aliphatic carbocycles. The van der Waals surface area contributed by atoms with Crippen molar-refractivity contribution in [3.05, 3.63) is 44.0 Å². The summed E-state index contributed by atoms with van der Waals surface area (Å²) in [5, 5.41) is 1.39. The van der Waals surface area contributed by atoms with Crippen LogP contribution in [0, 0.1) is 6.92 Å². The smallest absolute Gasteiger partial charge is 0.123 e. The molecule has 0 atom stereocenters. The molecule has 0 radical (unpaired) electrons. The molecule has 0 saturated carbocycles. The number of nitrogens with two attached hydrogens (primary N) is 1. The summed E-state index contributed by atoms with van der Waals surface area (Å²) in [6, 6.07) is 4.97. The van der Waals surface area contributed by atoms with Crippen molar-refractivity contribution < 1.29 is 0 Å². The van der Waals surface area contributed by atoms with E-state index in [0.717, 1.165) is 5.56 Å². The summed E-state index contributed by atoms with van der Waals surface area (Å²) in [6.45, 7) is 1.81. The van der Waals surface area contributed by atoms with Crippen LogP contribution in [0.1, 0.15) is 5.69 Å². The minimum atomic E-state index is 0.345. The minimum absolute atomic E-state index is 0.345. The number of rotatable bonds is 1. The largest absolute Gasteiger partial charge is 0.384 e. The molecule has 1 heterocycles. The van der Waals surface area contributed by atoms with Gasteiger partial charge in [-0.1, -0.05) is 46.4 Å². The van der Waals surface area contributed by atoms with Crippen LogP contribution < -0.4 is 5.73 Å². The molecule has 0 bridgehead atoms. The molecule has 1 aromatic heterocycles. The lowest BCUT2D eigenvalue weighted by molar-refractivity contribution is 1.21. The summed E-state index contributed by atoms with van der Waals surface area (Å²) in [7, 11) is 0. The van der Waals surface area contributed by atoms with E-state index in [-0.39, 0.29) is 0 Å². The second-order valence-electron chi connectivity index (χ2n) is 3.71. The van der Waals surface area contributed by atoms with Gasteiger partial charge >= 0.3 is 0 Å². The van der Waals surface area contributed by atoms with E-state index in [1.165, 1.54) is 6.07 Å². The number of halogens is 4. The van der Waals surface area contributed by atoms with Crippen molar-refractivity contribution in [2.24, 2.45) is 0 Å². The average Bonchev–Trinajstić information content (AvgIpc) is 2.29. The fourth-order valence-electron chi connectivity index (χ4n) is 1.65. The zero-order valence-corrected chi connectivity index (χ0v) is 12.3. The number of nitrogen functional groups attached to an aromatic ring is 1. The van der Waals surface area contributed by atoms with Crippen molar-refractivity contribution in [2.45, 2.75) is 6.92 Å². The highest BCUT2D eigenvalue weighted by molar-refractivity contribution is 6.50. The van der Waals surface area contributed by atoms with Crippen molar-refractivity contribution >= 4 is 52.2 Å². The zero-order chi connectivity index (χ0) is 13.4. The zero-order valence-electron chi connectivity index (χ0n) is 9.27. The summed E-state index contributed by atoms with van der Waals surface area (Å²) in [6.07, 6.45) is 0. The van der Waals surface area contributed by atoms with Gasteiger partial charge in [0.15, 0.2) is 0 Å². The Morgan fingerprint density at radius 1 is 1.00 bits per heavy atom. The van der Waals surface area contributed by atoms with Crippen LogP contribution in [-0.2, 0) is 0 Å². The number of nitrogens with zero attached hydrogens (tertiary/aromatic N) is 1. The van der Waals surface area contributed by atoms with Crippen LogP contribution >= 0.6 is 46.4 Å². The van der Waals surface area contributed by atoms with E-state index in [0.29, 0.717) is 37.2 Å². The van der Waals surface area contributed by atoms with Gasteiger partial charge in [-0.2, -0.15) is 0 Å². The van der Waals surface area contributed by atoms with Crippen LogP contribution in [0.3, 0.4) is 0 Å². The number of hydrogen-bond donors (Lipinski definition) is 1. The molecule has 1 aromatic carbocycles. The van der Waals surface area contributed by atoms with Gasteiger partial charge in [0.1, 0.15) is 5.82 Å². The van der Waals surface area contributed by atoms with Crippen LogP contribution in [0.15, 0.2) is 18.2 Å². The summed E-state index contributed by atoms with van der Waals surface area (Å²) in [5.74, 6) is 0.427. The molecule has 0 spiro atoms. The molecule has 2 N–H and O–H groups in total. The van der Waals surface area contributed by atoms with Gasteiger partial charge in [-0.15, -0.1) is 0 Å². The SMILES string of the molecule is Cc1nc(N)ccc1-c1c(Cl)c(Cl)cc(Cl)c1Cl. The molecule has 2 aromatic rings. The van der Waals surface area contributed by atoms with Gasteiger partial charge in [0.2, 0.25) is 0 Å². The number of aromatic nitrogens is 1. The van der Waals surface area contributed by atoms with Crippen molar-refractivity contribution in [3.8, 4) is 11.1 Å². The second kappa shape index (κ2) is 5.14. The predicted octanol–water partition coefficient (Wildman–Crippen LogP) is 5.25. The highest BCUT2D eigenvalue weighted by atomic mass is 35.5. The highest BCUT2D eigenvalue weighted by Crippen LogP contribution is 2.43. The first-order chi connectivity index (χ1) is 8.41. The molecule has 0 saturated heterocycles. The van der Waals surface area contributed by atoms with Gasteiger partial charge in [-0.25, -0.2) is 4.98 Å². The summed E-state index contributed by atoms with van der Waals surface area (Å²) in [4.78, 5) is 4.17. The van der Waals surface area contributed by atoms with E-state index < -0.39 is 0 Å². The third-order valence-electron chi connectivity index (χ3n) is 2.49. The molecule has 0 unspecified atom stereocenters. The number of pyridine rings is 1. The topological polar surface area (TPSA) is 38.9 Å². The maximum Gasteiger partial charge on any atom is 0.123 e. The van der Waals surface area contributed by atoms with E-state index >= 15 is 0 Å². The van der Waals surface area contributed by atoms with Crippen molar-refractivity contribution in [2.75, 3.05) is 5.73 Å². The minimum Gasteiger partial charge on any atom is -0.384 e. The van der Waals surface area contributed by atoms with Crippen LogP contribution in [0.4, 0.5) is 5.82 Å². The van der Waals surface area contributed by atoms with E-state index in [4.69, 9.17) is 52.1 Å². The Morgan fingerprint density at radius 2 is 1.56 bits per heavy atom. The maximum atomic E-state index is 6.18. The first-order valence-electron chi connectivity index (χ1n) is 4.98. The Hall–Kier alpha value is -0.670. The van der Waals surface area contributed by atoms with Crippen LogP contribution in [0.2, 0.25) is 20.1 Å². The van der Waals surface area contributed by atoms with E-state index in [1.807, 2.05) is 6.92 Å². The molecule has 2 nitrogen and oxygen atoms in total. The van der Waals surface area contributed by atoms with Gasteiger partial charge in [-0.3, -0.25) is 0 Å². The van der Waals surface area contributed by atoms with Gasteiger partial charge in [0.25, 0.3) is 0 Å². The second-order valence-corrected chi connectivity index (χ2v) is 5.28. The maximum absolute atomic E-state index is 6.18. The molecule has 0 fully saturated rings. The molecule has 0 aliphatic heterocycles. The van der Waals surface area contributed by atoms with Gasteiger partial charge in [0.05, 0.1) is 20.1 Å². The quantitative estimate of drug-likeness (QED) is 0.728. The molecule has 2 rings (SSSR count). The first kappa shape index (κ1) is 13.8. The van der Waals surface area contributed by atoms with Crippen LogP contribution in [0.25, 0.3) is 11.1 Å².